The van der Waals surface area contributed by atoms with E-state index in [0.717, 1.165) is 12.8 Å². The highest BCUT2D eigenvalue weighted by Crippen LogP contribution is 2.22. The van der Waals surface area contributed by atoms with Crippen molar-refractivity contribution >= 4 is 39.2 Å². The molecule has 0 unspecified atom stereocenters. The van der Waals surface area contributed by atoms with Gasteiger partial charge >= 0.3 is 5.97 Å². The van der Waals surface area contributed by atoms with Gasteiger partial charge in [0.25, 0.3) is 15.9 Å². The van der Waals surface area contributed by atoms with Crippen LogP contribution in [0.5, 0.6) is 0 Å². The van der Waals surface area contributed by atoms with Gasteiger partial charge in [-0.25, -0.2) is 13.2 Å². The van der Waals surface area contributed by atoms with Crippen molar-refractivity contribution in [2.75, 3.05) is 11.3 Å². The zero-order chi connectivity index (χ0) is 21.4. The average molecular weight is 439 g/mol. The largest absolute Gasteiger partial charge is 0.452 e. The fourth-order valence-corrected chi connectivity index (χ4v) is 3.74. The summed E-state index contributed by atoms with van der Waals surface area (Å²) in [6, 6.07) is 11.6. The molecule has 9 heteroatoms. The van der Waals surface area contributed by atoms with Crippen LogP contribution in [0.2, 0.25) is 5.02 Å². The molecule has 2 aromatic carbocycles. The number of carbonyl (C=O) groups is 2. The molecule has 2 aromatic rings. The zero-order valence-electron chi connectivity index (χ0n) is 16.1. The first kappa shape index (κ1) is 22.7. The Labute approximate surface area is 175 Å². The number of ether oxygens (including phenoxy) is 1. The van der Waals surface area contributed by atoms with Crippen molar-refractivity contribution < 1.29 is 22.7 Å². The van der Waals surface area contributed by atoms with Crippen LogP contribution in [-0.4, -0.2) is 32.9 Å². The average Bonchev–Trinajstić information content (AvgIpc) is 2.70. The van der Waals surface area contributed by atoms with Crippen molar-refractivity contribution in [2.45, 2.75) is 37.6 Å². The minimum atomic E-state index is -3.94. The van der Waals surface area contributed by atoms with Crippen LogP contribution in [-0.2, 0) is 19.6 Å². The van der Waals surface area contributed by atoms with E-state index in [-0.39, 0.29) is 22.2 Å². The summed E-state index contributed by atoms with van der Waals surface area (Å²) in [7, 11) is -3.94. The predicted octanol–water partition coefficient (Wildman–Crippen LogP) is 3.60. The number of amides is 1. The third-order valence-electron chi connectivity index (χ3n) is 4.20. The van der Waals surface area contributed by atoms with Crippen LogP contribution in [0, 0.1) is 0 Å². The number of esters is 1. The standard InChI is InChI=1S/C20H23ClN2O5S/c1-3-15(4-2)22-19(24)13-28-20(25)17-7-5-6-8-18(17)23-29(26,27)16-11-9-14(21)10-12-16/h5-12,15,23H,3-4,13H2,1-2H3,(H,22,24). The van der Waals surface area contributed by atoms with Crippen molar-refractivity contribution in [3.05, 3.63) is 59.1 Å². The summed E-state index contributed by atoms with van der Waals surface area (Å²) in [5.74, 6) is -1.22. The predicted molar refractivity (Wildman–Crippen MR) is 111 cm³/mol. The van der Waals surface area contributed by atoms with E-state index in [1.54, 1.807) is 12.1 Å². The van der Waals surface area contributed by atoms with Gasteiger partial charge in [0.1, 0.15) is 0 Å². The third-order valence-corrected chi connectivity index (χ3v) is 5.83. The van der Waals surface area contributed by atoms with Crippen LogP contribution in [0.3, 0.4) is 0 Å². The van der Waals surface area contributed by atoms with Gasteiger partial charge in [-0.05, 0) is 49.2 Å². The Bertz CT molecular complexity index is 957. The van der Waals surface area contributed by atoms with Crippen LogP contribution in [0.15, 0.2) is 53.4 Å². The lowest BCUT2D eigenvalue weighted by Gasteiger charge is -2.15. The summed E-state index contributed by atoms with van der Waals surface area (Å²) < 4.78 is 32.6. The Morgan fingerprint density at radius 1 is 1.03 bits per heavy atom. The molecule has 7 nitrogen and oxygen atoms in total. The SMILES string of the molecule is CCC(CC)NC(=O)COC(=O)c1ccccc1NS(=O)(=O)c1ccc(Cl)cc1. The quantitative estimate of drug-likeness (QED) is 0.582. The number of halogens is 1. The molecule has 0 aliphatic carbocycles. The zero-order valence-corrected chi connectivity index (χ0v) is 17.7. The molecular weight excluding hydrogens is 416 g/mol. The highest BCUT2D eigenvalue weighted by Gasteiger charge is 2.20. The molecule has 0 aliphatic rings. The van der Waals surface area contributed by atoms with Gasteiger partial charge in [-0.1, -0.05) is 37.6 Å². The molecule has 0 heterocycles. The van der Waals surface area contributed by atoms with E-state index in [1.807, 2.05) is 13.8 Å². The van der Waals surface area contributed by atoms with Crippen molar-refractivity contribution in [3.63, 3.8) is 0 Å². The van der Waals surface area contributed by atoms with Gasteiger partial charge in [-0.3, -0.25) is 9.52 Å². The van der Waals surface area contributed by atoms with Gasteiger partial charge in [-0.2, -0.15) is 0 Å². The molecular formula is C20H23ClN2O5S. The maximum Gasteiger partial charge on any atom is 0.340 e. The number of hydrogen-bond acceptors (Lipinski definition) is 5. The van der Waals surface area contributed by atoms with Gasteiger partial charge in [0.05, 0.1) is 16.1 Å². The molecule has 0 bridgehead atoms. The molecule has 0 atom stereocenters. The first-order valence-corrected chi connectivity index (χ1v) is 11.0. The molecule has 0 radical (unpaired) electrons. The fourth-order valence-electron chi connectivity index (χ4n) is 2.54. The lowest BCUT2D eigenvalue weighted by Crippen LogP contribution is -2.36. The van der Waals surface area contributed by atoms with E-state index in [0.29, 0.717) is 5.02 Å². The summed E-state index contributed by atoms with van der Waals surface area (Å²) in [6.07, 6.45) is 1.54. The van der Waals surface area contributed by atoms with Crippen molar-refractivity contribution in [2.24, 2.45) is 0 Å². The molecule has 156 valence electrons. The number of sulfonamides is 1. The fraction of sp³-hybridized carbons (Fsp3) is 0.300. The second kappa shape index (κ2) is 10.3. The highest BCUT2D eigenvalue weighted by molar-refractivity contribution is 7.92. The summed E-state index contributed by atoms with van der Waals surface area (Å²) in [6.45, 7) is 3.45. The number of nitrogens with one attached hydrogen (secondary N) is 2. The minimum Gasteiger partial charge on any atom is -0.452 e. The molecule has 0 saturated heterocycles. The van der Waals surface area contributed by atoms with Gasteiger partial charge in [-0.15, -0.1) is 0 Å². The van der Waals surface area contributed by atoms with Gasteiger partial charge < -0.3 is 10.1 Å². The summed E-state index contributed by atoms with van der Waals surface area (Å²) >= 11 is 5.79. The number of para-hydroxylation sites is 1. The molecule has 2 N–H and O–H groups in total. The second-order valence-corrected chi connectivity index (χ2v) is 8.38. The molecule has 0 saturated carbocycles. The van der Waals surface area contributed by atoms with Gasteiger partial charge in [0.15, 0.2) is 6.61 Å². The van der Waals surface area contributed by atoms with Crippen molar-refractivity contribution in [1.29, 1.82) is 0 Å². The van der Waals surface area contributed by atoms with E-state index in [2.05, 4.69) is 10.0 Å². The summed E-state index contributed by atoms with van der Waals surface area (Å²) in [5.41, 5.74) is 0.0493. The normalized spacial score (nSPS) is 11.2. The van der Waals surface area contributed by atoms with Crippen molar-refractivity contribution in [3.8, 4) is 0 Å². The lowest BCUT2D eigenvalue weighted by molar-refractivity contribution is -0.125. The van der Waals surface area contributed by atoms with Crippen LogP contribution in [0.4, 0.5) is 5.69 Å². The number of benzene rings is 2. The number of hydrogen-bond donors (Lipinski definition) is 2. The Kier molecular flexibility index (Phi) is 8.04. The van der Waals surface area contributed by atoms with E-state index in [1.165, 1.54) is 36.4 Å². The van der Waals surface area contributed by atoms with Crippen LogP contribution < -0.4 is 10.0 Å². The lowest BCUT2D eigenvalue weighted by atomic mass is 10.2. The summed E-state index contributed by atoms with van der Waals surface area (Å²) in [5, 5.41) is 3.17. The maximum atomic E-state index is 12.6. The van der Waals surface area contributed by atoms with Crippen LogP contribution in [0.25, 0.3) is 0 Å². The molecule has 0 aromatic heterocycles. The number of carbonyl (C=O) groups excluding carboxylic acids is 2. The van der Waals surface area contributed by atoms with E-state index >= 15 is 0 Å². The van der Waals surface area contributed by atoms with Crippen LogP contribution in [0.1, 0.15) is 37.0 Å². The first-order valence-electron chi connectivity index (χ1n) is 9.10. The molecule has 1 amide bonds. The molecule has 0 spiro atoms. The first-order chi connectivity index (χ1) is 13.8. The Hall–Kier alpha value is -2.58. The Morgan fingerprint density at radius 2 is 1.66 bits per heavy atom. The second-order valence-electron chi connectivity index (χ2n) is 6.26. The van der Waals surface area contributed by atoms with E-state index in [9.17, 15) is 18.0 Å². The number of rotatable bonds is 9. The maximum absolute atomic E-state index is 12.6. The Morgan fingerprint density at radius 3 is 2.28 bits per heavy atom. The monoisotopic (exact) mass is 438 g/mol. The highest BCUT2D eigenvalue weighted by atomic mass is 35.5. The van der Waals surface area contributed by atoms with Gasteiger partial charge in [0, 0.05) is 11.1 Å². The van der Waals surface area contributed by atoms with E-state index < -0.39 is 28.5 Å². The molecule has 29 heavy (non-hydrogen) atoms. The number of anilines is 1. The minimum absolute atomic E-state index is 0.000344. The summed E-state index contributed by atoms with van der Waals surface area (Å²) in [4.78, 5) is 24.3. The Balaban J connectivity index is 2.10. The van der Waals surface area contributed by atoms with E-state index in [4.69, 9.17) is 16.3 Å². The van der Waals surface area contributed by atoms with Crippen LogP contribution >= 0.6 is 11.6 Å². The molecule has 2 rings (SSSR count). The van der Waals surface area contributed by atoms with Crippen molar-refractivity contribution in [1.82, 2.24) is 5.32 Å². The topological polar surface area (TPSA) is 102 Å². The smallest absolute Gasteiger partial charge is 0.340 e. The molecule has 0 fully saturated rings. The third kappa shape index (κ3) is 6.47. The molecule has 0 aliphatic heterocycles. The van der Waals surface area contributed by atoms with Gasteiger partial charge in [0.2, 0.25) is 0 Å².